The number of anilines is 2. The van der Waals surface area contributed by atoms with Crippen molar-refractivity contribution in [3.05, 3.63) is 82.9 Å². The topological polar surface area (TPSA) is 49.4 Å². The summed E-state index contributed by atoms with van der Waals surface area (Å²) in [6.45, 7) is 2.25. The van der Waals surface area contributed by atoms with Gasteiger partial charge in [0.1, 0.15) is 0 Å². The highest BCUT2D eigenvalue weighted by Crippen LogP contribution is 2.31. The van der Waals surface area contributed by atoms with Crippen LogP contribution in [-0.4, -0.2) is 18.4 Å². The van der Waals surface area contributed by atoms with Crippen molar-refractivity contribution < 1.29 is 9.59 Å². The van der Waals surface area contributed by atoms with Crippen molar-refractivity contribution in [3.8, 4) is 11.1 Å². The SMILES string of the molecule is CC(=O)N1CCc2cc(NC(=O)c3ccccc3-c3ccc(Cl)cc3)ccc21. The summed E-state index contributed by atoms with van der Waals surface area (Å²) in [6, 6.07) is 20.6. The van der Waals surface area contributed by atoms with Gasteiger partial charge in [-0.15, -0.1) is 0 Å². The minimum atomic E-state index is -0.174. The lowest BCUT2D eigenvalue weighted by atomic mass is 9.99. The Morgan fingerprint density at radius 1 is 1.00 bits per heavy atom. The van der Waals surface area contributed by atoms with E-state index in [9.17, 15) is 9.59 Å². The molecule has 0 saturated heterocycles. The molecular formula is C23H19ClN2O2. The second kappa shape index (κ2) is 7.49. The molecule has 0 atom stereocenters. The van der Waals surface area contributed by atoms with Crippen LogP contribution in [0.1, 0.15) is 22.8 Å². The zero-order chi connectivity index (χ0) is 19.7. The van der Waals surface area contributed by atoms with Crippen LogP contribution in [0.25, 0.3) is 11.1 Å². The summed E-state index contributed by atoms with van der Waals surface area (Å²) in [5.74, 6) is -0.139. The number of fused-ring (bicyclic) bond motifs is 1. The highest BCUT2D eigenvalue weighted by atomic mass is 35.5. The number of carbonyl (C=O) groups excluding carboxylic acids is 2. The number of halogens is 1. The van der Waals surface area contributed by atoms with E-state index in [1.807, 2.05) is 66.7 Å². The summed E-state index contributed by atoms with van der Waals surface area (Å²) >= 11 is 5.98. The van der Waals surface area contributed by atoms with Crippen molar-refractivity contribution in [2.24, 2.45) is 0 Å². The van der Waals surface area contributed by atoms with Crippen LogP contribution in [0.4, 0.5) is 11.4 Å². The van der Waals surface area contributed by atoms with Gasteiger partial charge in [-0.05, 0) is 59.5 Å². The fourth-order valence-electron chi connectivity index (χ4n) is 3.57. The van der Waals surface area contributed by atoms with Gasteiger partial charge in [0.2, 0.25) is 5.91 Å². The molecule has 2 amide bonds. The number of hydrogen-bond donors (Lipinski definition) is 1. The largest absolute Gasteiger partial charge is 0.322 e. The molecule has 4 rings (SSSR count). The lowest BCUT2D eigenvalue weighted by molar-refractivity contribution is -0.116. The molecule has 1 heterocycles. The van der Waals surface area contributed by atoms with Crippen LogP contribution in [0.2, 0.25) is 5.02 Å². The molecule has 4 nitrogen and oxygen atoms in total. The second-order valence-corrected chi connectivity index (χ2v) is 7.21. The number of benzene rings is 3. The van der Waals surface area contributed by atoms with E-state index in [-0.39, 0.29) is 11.8 Å². The van der Waals surface area contributed by atoms with Gasteiger partial charge in [-0.25, -0.2) is 0 Å². The van der Waals surface area contributed by atoms with E-state index in [1.165, 1.54) is 0 Å². The van der Waals surface area contributed by atoms with Crippen LogP contribution >= 0.6 is 11.6 Å². The zero-order valence-corrected chi connectivity index (χ0v) is 16.2. The first-order valence-corrected chi connectivity index (χ1v) is 9.48. The molecule has 0 saturated carbocycles. The third-order valence-corrected chi connectivity index (χ3v) is 5.19. The third-order valence-electron chi connectivity index (χ3n) is 4.94. The first-order valence-electron chi connectivity index (χ1n) is 9.10. The Labute approximate surface area is 168 Å². The summed E-state index contributed by atoms with van der Waals surface area (Å²) in [7, 11) is 0. The lowest BCUT2D eigenvalue weighted by Crippen LogP contribution is -2.25. The molecule has 3 aromatic carbocycles. The van der Waals surface area contributed by atoms with Crippen LogP contribution in [0.15, 0.2) is 66.7 Å². The number of rotatable bonds is 3. The molecule has 0 aliphatic carbocycles. The molecule has 0 bridgehead atoms. The van der Waals surface area contributed by atoms with Gasteiger partial charge in [0.05, 0.1) is 0 Å². The first kappa shape index (κ1) is 18.3. The Hall–Kier alpha value is -3.11. The van der Waals surface area contributed by atoms with Crippen molar-refractivity contribution >= 4 is 34.8 Å². The molecular weight excluding hydrogens is 372 g/mol. The molecule has 0 spiro atoms. The normalized spacial score (nSPS) is 12.6. The van der Waals surface area contributed by atoms with Gasteiger partial charge in [0.15, 0.2) is 0 Å². The maximum atomic E-state index is 12.9. The first-order chi connectivity index (χ1) is 13.5. The fourth-order valence-corrected chi connectivity index (χ4v) is 3.69. The summed E-state index contributed by atoms with van der Waals surface area (Å²) in [6.07, 6.45) is 0.792. The molecule has 28 heavy (non-hydrogen) atoms. The Morgan fingerprint density at radius 2 is 1.75 bits per heavy atom. The van der Waals surface area contributed by atoms with Crippen LogP contribution in [0.5, 0.6) is 0 Å². The van der Waals surface area contributed by atoms with Crippen molar-refractivity contribution in [1.82, 2.24) is 0 Å². The van der Waals surface area contributed by atoms with Crippen molar-refractivity contribution in [1.29, 1.82) is 0 Å². The Balaban J connectivity index is 1.60. The average molecular weight is 391 g/mol. The van der Waals surface area contributed by atoms with Crippen molar-refractivity contribution in [2.75, 3.05) is 16.8 Å². The smallest absolute Gasteiger partial charge is 0.256 e. The Kier molecular flexibility index (Phi) is 4.88. The number of hydrogen-bond acceptors (Lipinski definition) is 2. The maximum Gasteiger partial charge on any atom is 0.256 e. The van der Waals surface area contributed by atoms with E-state index in [0.717, 1.165) is 34.5 Å². The zero-order valence-electron chi connectivity index (χ0n) is 15.4. The van der Waals surface area contributed by atoms with Gasteiger partial charge in [0.25, 0.3) is 5.91 Å². The standard InChI is InChI=1S/C23H19ClN2O2/c1-15(27)26-13-12-17-14-19(10-11-22(17)26)25-23(28)21-5-3-2-4-20(21)16-6-8-18(24)9-7-16/h2-11,14H,12-13H2,1H3,(H,25,28). The van der Waals surface area contributed by atoms with Gasteiger partial charge >= 0.3 is 0 Å². The summed E-state index contributed by atoms with van der Waals surface area (Å²) in [5.41, 5.74) is 5.09. The predicted octanol–water partition coefficient (Wildman–Crippen LogP) is 5.17. The van der Waals surface area contributed by atoms with E-state index >= 15 is 0 Å². The Bertz CT molecular complexity index is 1060. The highest BCUT2D eigenvalue weighted by molar-refractivity contribution is 6.30. The van der Waals surface area contributed by atoms with Crippen LogP contribution < -0.4 is 10.2 Å². The van der Waals surface area contributed by atoms with Gasteiger partial charge in [-0.3, -0.25) is 9.59 Å². The van der Waals surface area contributed by atoms with E-state index in [4.69, 9.17) is 11.6 Å². The molecule has 1 N–H and O–H groups in total. The van der Waals surface area contributed by atoms with Gasteiger partial charge < -0.3 is 10.2 Å². The molecule has 140 valence electrons. The predicted molar refractivity (Wildman–Crippen MR) is 113 cm³/mol. The lowest BCUT2D eigenvalue weighted by Gasteiger charge is -2.15. The van der Waals surface area contributed by atoms with Crippen molar-refractivity contribution in [2.45, 2.75) is 13.3 Å². The average Bonchev–Trinajstić information content (AvgIpc) is 3.12. The van der Waals surface area contributed by atoms with E-state index in [2.05, 4.69) is 5.32 Å². The molecule has 1 aliphatic heterocycles. The molecule has 0 unspecified atom stereocenters. The fraction of sp³-hybridized carbons (Fsp3) is 0.130. The molecule has 0 fully saturated rings. The van der Waals surface area contributed by atoms with E-state index < -0.39 is 0 Å². The van der Waals surface area contributed by atoms with Crippen LogP contribution in [-0.2, 0) is 11.2 Å². The van der Waals surface area contributed by atoms with E-state index in [1.54, 1.807) is 11.8 Å². The monoisotopic (exact) mass is 390 g/mol. The second-order valence-electron chi connectivity index (χ2n) is 6.77. The minimum absolute atomic E-state index is 0.0347. The van der Waals surface area contributed by atoms with E-state index in [0.29, 0.717) is 17.1 Å². The molecule has 1 aliphatic rings. The number of nitrogens with zero attached hydrogens (tertiary/aromatic N) is 1. The quantitative estimate of drug-likeness (QED) is 0.670. The molecule has 0 aromatic heterocycles. The third kappa shape index (κ3) is 3.51. The van der Waals surface area contributed by atoms with Crippen molar-refractivity contribution in [3.63, 3.8) is 0 Å². The summed E-state index contributed by atoms with van der Waals surface area (Å²) in [5, 5.41) is 3.64. The van der Waals surface area contributed by atoms with Crippen LogP contribution in [0, 0.1) is 0 Å². The van der Waals surface area contributed by atoms with Gasteiger partial charge in [-0.1, -0.05) is 41.9 Å². The van der Waals surface area contributed by atoms with Gasteiger partial charge in [-0.2, -0.15) is 0 Å². The van der Waals surface area contributed by atoms with Crippen LogP contribution in [0.3, 0.4) is 0 Å². The Morgan fingerprint density at radius 3 is 2.50 bits per heavy atom. The number of carbonyl (C=O) groups is 2. The summed E-state index contributed by atoms with van der Waals surface area (Å²) in [4.78, 5) is 26.4. The highest BCUT2D eigenvalue weighted by Gasteiger charge is 2.22. The molecule has 5 heteroatoms. The maximum absolute atomic E-state index is 12.9. The number of nitrogens with one attached hydrogen (secondary N) is 1. The minimum Gasteiger partial charge on any atom is -0.322 e. The summed E-state index contributed by atoms with van der Waals surface area (Å²) < 4.78 is 0. The number of amides is 2. The molecule has 3 aromatic rings. The molecule has 0 radical (unpaired) electrons. The van der Waals surface area contributed by atoms with Gasteiger partial charge in [0, 0.05) is 35.4 Å².